The Hall–Kier alpha value is -4.45. The van der Waals surface area contributed by atoms with Crippen LogP contribution in [-0.4, -0.2) is 31.1 Å². The monoisotopic (exact) mass is 480 g/mol. The van der Waals surface area contributed by atoms with E-state index in [1.54, 1.807) is 36.6 Å². The van der Waals surface area contributed by atoms with E-state index in [-0.39, 0.29) is 11.6 Å². The van der Waals surface area contributed by atoms with E-state index in [1.165, 1.54) is 0 Å². The van der Waals surface area contributed by atoms with Crippen LogP contribution in [-0.2, 0) is 4.79 Å². The minimum absolute atomic E-state index is 0.0984. The Balaban J connectivity index is 1.79. The number of carbonyl (C=O) groups is 2. The molecule has 0 saturated heterocycles. The predicted molar refractivity (Wildman–Crippen MR) is 149 cm³/mol. The highest BCUT2D eigenvalue weighted by Gasteiger charge is 2.14. The zero-order chi connectivity index (χ0) is 25.8. The van der Waals surface area contributed by atoms with E-state index in [1.807, 2.05) is 73.7 Å². The van der Waals surface area contributed by atoms with Crippen LogP contribution in [0.5, 0.6) is 0 Å². The first-order valence-electron chi connectivity index (χ1n) is 12.0. The average molecular weight is 481 g/mol. The minimum Gasteiger partial charge on any atom is -0.372 e. The zero-order valence-electron chi connectivity index (χ0n) is 20.9. The Morgan fingerprint density at radius 3 is 2.00 bits per heavy atom. The Labute approximate surface area is 213 Å². The molecule has 0 saturated carbocycles. The van der Waals surface area contributed by atoms with E-state index >= 15 is 0 Å². The van der Waals surface area contributed by atoms with Gasteiger partial charge in [-0.2, -0.15) is 5.10 Å². The van der Waals surface area contributed by atoms with Crippen LogP contribution in [0.2, 0.25) is 0 Å². The quantitative estimate of drug-likeness (QED) is 0.228. The molecule has 0 heterocycles. The molecule has 0 fully saturated rings. The number of anilines is 1. The largest absolute Gasteiger partial charge is 0.372 e. The molecule has 6 heteroatoms. The summed E-state index contributed by atoms with van der Waals surface area (Å²) in [7, 11) is 0. The summed E-state index contributed by atoms with van der Waals surface area (Å²) in [6, 6.07) is 26.5. The summed E-state index contributed by atoms with van der Waals surface area (Å²) in [4.78, 5) is 28.0. The van der Waals surface area contributed by atoms with Crippen molar-refractivity contribution in [2.45, 2.75) is 20.8 Å². The van der Waals surface area contributed by atoms with Gasteiger partial charge in [0.25, 0.3) is 11.8 Å². The van der Waals surface area contributed by atoms with E-state index in [2.05, 4.69) is 34.6 Å². The number of amides is 2. The molecular formula is C30H32N4O2. The molecule has 0 spiro atoms. The molecule has 3 aromatic carbocycles. The molecule has 0 atom stereocenters. The molecule has 2 N–H and O–H groups in total. The number of rotatable bonds is 10. The van der Waals surface area contributed by atoms with E-state index < -0.39 is 5.91 Å². The maximum Gasteiger partial charge on any atom is 0.287 e. The van der Waals surface area contributed by atoms with Gasteiger partial charge in [0.05, 0.1) is 6.21 Å². The predicted octanol–water partition coefficient (Wildman–Crippen LogP) is 5.51. The molecular weight excluding hydrogens is 448 g/mol. The smallest absolute Gasteiger partial charge is 0.287 e. The molecule has 6 nitrogen and oxygen atoms in total. The van der Waals surface area contributed by atoms with Gasteiger partial charge in [-0.1, -0.05) is 66.7 Å². The summed E-state index contributed by atoms with van der Waals surface area (Å²) < 4.78 is 0. The lowest BCUT2D eigenvalue weighted by molar-refractivity contribution is -0.117. The summed E-state index contributed by atoms with van der Waals surface area (Å²) >= 11 is 0. The Kier molecular flexibility index (Phi) is 9.77. The van der Waals surface area contributed by atoms with Crippen molar-refractivity contribution in [3.63, 3.8) is 0 Å². The van der Waals surface area contributed by atoms with Gasteiger partial charge in [0, 0.05) is 24.3 Å². The Bertz CT molecular complexity index is 1230. The molecule has 0 unspecified atom stereocenters. The van der Waals surface area contributed by atoms with Gasteiger partial charge in [-0.15, -0.1) is 0 Å². The van der Waals surface area contributed by atoms with Gasteiger partial charge in [0.1, 0.15) is 5.70 Å². The molecule has 0 aliphatic carbocycles. The summed E-state index contributed by atoms with van der Waals surface area (Å²) in [6.07, 6.45) is 5.17. The van der Waals surface area contributed by atoms with Gasteiger partial charge in [0.15, 0.2) is 0 Å². The number of benzene rings is 3. The van der Waals surface area contributed by atoms with Crippen LogP contribution in [0, 0.1) is 0 Å². The molecule has 3 aromatic rings. The van der Waals surface area contributed by atoms with Crippen molar-refractivity contribution >= 4 is 35.9 Å². The van der Waals surface area contributed by atoms with Crippen LogP contribution in [0.15, 0.2) is 101 Å². The van der Waals surface area contributed by atoms with E-state index in [4.69, 9.17) is 0 Å². The lowest BCUT2D eigenvalue weighted by Gasteiger charge is -2.20. The Morgan fingerprint density at radius 2 is 1.39 bits per heavy atom. The van der Waals surface area contributed by atoms with Crippen LogP contribution in [0.3, 0.4) is 0 Å². The van der Waals surface area contributed by atoms with Gasteiger partial charge in [-0.25, -0.2) is 5.43 Å². The molecule has 2 amide bonds. The highest BCUT2D eigenvalue weighted by Crippen LogP contribution is 2.17. The molecule has 0 radical (unpaired) electrons. The van der Waals surface area contributed by atoms with Crippen molar-refractivity contribution in [2.24, 2.45) is 5.10 Å². The summed E-state index contributed by atoms with van der Waals surface area (Å²) in [5, 5.41) is 6.81. The second kappa shape index (κ2) is 13.4. The van der Waals surface area contributed by atoms with Crippen molar-refractivity contribution < 1.29 is 9.59 Å². The standard InChI is InChI=1S/C30H32N4O2/c1-4-34(5-2)27-18-16-25(17-19-27)21-28(32-29(35)26-14-10-7-11-15-26)30(36)33-31-22-23(3)20-24-12-8-6-9-13-24/h6-22H,4-5H2,1-3H3,(H,32,35)(H,33,36)/b23-20+,28-21-,31-22-. The van der Waals surface area contributed by atoms with Crippen molar-refractivity contribution in [2.75, 3.05) is 18.0 Å². The normalized spacial score (nSPS) is 11.9. The lowest BCUT2D eigenvalue weighted by Crippen LogP contribution is -2.32. The maximum absolute atomic E-state index is 13.0. The van der Waals surface area contributed by atoms with Gasteiger partial charge in [0.2, 0.25) is 0 Å². The first-order valence-corrected chi connectivity index (χ1v) is 12.0. The summed E-state index contributed by atoms with van der Waals surface area (Å²) in [5.41, 5.74) is 6.87. The fourth-order valence-corrected chi connectivity index (χ4v) is 3.58. The van der Waals surface area contributed by atoms with Crippen LogP contribution in [0.4, 0.5) is 5.69 Å². The number of hydrazone groups is 1. The Morgan fingerprint density at radius 1 is 0.806 bits per heavy atom. The van der Waals surface area contributed by atoms with Crippen LogP contribution in [0.1, 0.15) is 42.3 Å². The van der Waals surface area contributed by atoms with Crippen LogP contribution >= 0.6 is 0 Å². The summed E-state index contributed by atoms with van der Waals surface area (Å²) in [5.74, 6) is -0.892. The topological polar surface area (TPSA) is 73.8 Å². The van der Waals surface area contributed by atoms with Gasteiger partial charge in [-0.3, -0.25) is 9.59 Å². The number of nitrogens with zero attached hydrogens (tertiary/aromatic N) is 2. The van der Waals surface area contributed by atoms with Gasteiger partial charge < -0.3 is 10.2 Å². The zero-order valence-corrected chi connectivity index (χ0v) is 20.9. The highest BCUT2D eigenvalue weighted by molar-refractivity contribution is 6.05. The number of hydrogen-bond acceptors (Lipinski definition) is 4. The lowest BCUT2D eigenvalue weighted by atomic mass is 10.1. The van der Waals surface area contributed by atoms with Gasteiger partial charge in [-0.05, 0) is 67.8 Å². The first kappa shape index (κ1) is 26.2. The molecule has 36 heavy (non-hydrogen) atoms. The van der Waals surface area contributed by atoms with Crippen molar-refractivity contribution in [3.05, 3.63) is 113 Å². The number of allylic oxidation sites excluding steroid dienone is 1. The molecule has 3 rings (SSSR count). The second-order valence-electron chi connectivity index (χ2n) is 8.14. The van der Waals surface area contributed by atoms with E-state index in [0.29, 0.717) is 5.56 Å². The molecule has 0 aliphatic heterocycles. The molecule has 0 bridgehead atoms. The van der Waals surface area contributed by atoms with Crippen molar-refractivity contribution in [1.29, 1.82) is 0 Å². The molecule has 0 aromatic heterocycles. The maximum atomic E-state index is 13.0. The first-order chi connectivity index (χ1) is 17.5. The number of nitrogens with one attached hydrogen (secondary N) is 2. The number of hydrogen-bond donors (Lipinski definition) is 2. The van der Waals surface area contributed by atoms with Crippen LogP contribution in [0.25, 0.3) is 12.2 Å². The fraction of sp³-hybridized carbons (Fsp3) is 0.167. The van der Waals surface area contributed by atoms with Crippen LogP contribution < -0.4 is 15.6 Å². The number of carbonyl (C=O) groups excluding carboxylic acids is 2. The van der Waals surface area contributed by atoms with Gasteiger partial charge >= 0.3 is 0 Å². The third-order valence-corrected chi connectivity index (χ3v) is 5.49. The molecule has 184 valence electrons. The van der Waals surface area contributed by atoms with E-state index in [0.717, 1.165) is 35.5 Å². The SMILES string of the molecule is CCN(CC)c1ccc(/C=C(\NC(=O)c2ccccc2)C(=O)N/N=C\C(C)=C\c2ccccc2)cc1. The third-order valence-electron chi connectivity index (χ3n) is 5.49. The highest BCUT2D eigenvalue weighted by atomic mass is 16.2. The summed E-state index contributed by atoms with van der Waals surface area (Å²) in [6.45, 7) is 7.92. The molecule has 0 aliphatic rings. The average Bonchev–Trinajstić information content (AvgIpc) is 2.91. The minimum atomic E-state index is -0.518. The third kappa shape index (κ3) is 7.81. The second-order valence-corrected chi connectivity index (χ2v) is 8.14. The van der Waals surface area contributed by atoms with Crippen molar-refractivity contribution in [1.82, 2.24) is 10.7 Å². The van der Waals surface area contributed by atoms with Crippen molar-refractivity contribution in [3.8, 4) is 0 Å². The van der Waals surface area contributed by atoms with E-state index in [9.17, 15) is 9.59 Å². The fourth-order valence-electron chi connectivity index (χ4n) is 3.58.